The van der Waals surface area contributed by atoms with E-state index in [4.69, 9.17) is 8.83 Å². The van der Waals surface area contributed by atoms with Crippen LogP contribution >= 0.6 is 0 Å². The highest BCUT2D eigenvalue weighted by molar-refractivity contribution is 5.91. The lowest BCUT2D eigenvalue weighted by Crippen LogP contribution is -2.36. The molecule has 128 valence electrons. The van der Waals surface area contributed by atoms with Gasteiger partial charge in [0.25, 0.3) is 0 Å². The number of aromatic nitrogens is 2. The van der Waals surface area contributed by atoms with E-state index < -0.39 is 12.1 Å². The molecule has 1 saturated heterocycles. The van der Waals surface area contributed by atoms with Crippen LogP contribution in [0.25, 0.3) is 6.08 Å². The lowest BCUT2D eigenvalue weighted by molar-refractivity contribution is -0.157. The molecule has 0 bridgehead atoms. The summed E-state index contributed by atoms with van der Waals surface area (Å²) in [5.74, 6) is -1.24. The average Bonchev–Trinajstić information content (AvgIpc) is 3.23. The van der Waals surface area contributed by atoms with E-state index in [1.54, 1.807) is 23.1 Å². The highest BCUT2D eigenvalue weighted by Gasteiger charge is 2.39. The molecule has 6 nitrogen and oxygen atoms in total. The molecule has 0 atom stereocenters. The van der Waals surface area contributed by atoms with Gasteiger partial charge in [-0.3, -0.25) is 4.79 Å². The van der Waals surface area contributed by atoms with E-state index in [-0.39, 0.29) is 17.7 Å². The number of furan rings is 1. The fraction of sp³-hybridized carbons (Fsp3) is 0.400. The van der Waals surface area contributed by atoms with Gasteiger partial charge >= 0.3 is 12.1 Å². The van der Waals surface area contributed by atoms with E-state index in [0.717, 1.165) is 0 Å². The molecule has 0 aromatic carbocycles. The molecule has 1 aliphatic heterocycles. The lowest BCUT2D eigenvalue weighted by Gasteiger charge is -2.29. The summed E-state index contributed by atoms with van der Waals surface area (Å²) in [6.45, 7) is 0.825. The van der Waals surface area contributed by atoms with Crippen LogP contribution in [0.15, 0.2) is 33.3 Å². The Morgan fingerprint density at radius 3 is 2.62 bits per heavy atom. The maximum absolute atomic E-state index is 12.5. The maximum Gasteiger partial charge on any atom is 0.470 e. The molecule has 0 unspecified atom stereocenters. The summed E-state index contributed by atoms with van der Waals surface area (Å²) >= 11 is 0. The van der Waals surface area contributed by atoms with Gasteiger partial charge in [-0.1, -0.05) is 0 Å². The minimum atomic E-state index is -4.64. The largest absolute Gasteiger partial charge is 0.470 e. The molecule has 0 radical (unpaired) electrons. The second kappa shape index (κ2) is 6.50. The van der Waals surface area contributed by atoms with Crippen molar-refractivity contribution in [2.45, 2.75) is 24.9 Å². The molecule has 3 heterocycles. The Bertz CT molecular complexity index is 714. The van der Waals surface area contributed by atoms with Crippen LogP contribution in [-0.2, 0) is 11.0 Å². The fourth-order valence-corrected chi connectivity index (χ4v) is 2.51. The van der Waals surface area contributed by atoms with Crippen LogP contribution in [0.2, 0.25) is 0 Å². The Morgan fingerprint density at radius 1 is 1.29 bits per heavy atom. The van der Waals surface area contributed by atoms with E-state index in [9.17, 15) is 18.0 Å². The Hall–Kier alpha value is -2.58. The highest BCUT2D eigenvalue weighted by Crippen LogP contribution is 2.32. The lowest BCUT2D eigenvalue weighted by atomic mass is 9.97. The van der Waals surface area contributed by atoms with Gasteiger partial charge in [0.2, 0.25) is 11.8 Å². The van der Waals surface area contributed by atoms with Crippen molar-refractivity contribution in [3.8, 4) is 0 Å². The molecule has 24 heavy (non-hydrogen) atoms. The monoisotopic (exact) mass is 341 g/mol. The molecule has 1 amide bonds. The molecule has 2 aromatic rings. The number of hydrogen-bond donors (Lipinski definition) is 0. The second-order valence-corrected chi connectivity index (χ2v) is 5.39. The number of piperidine rings is 1. The van der Waals surface area contributed by atoms with Gasteiger partial charge < -0.3 is 13.7 Å². The summed E-state index contributed by atoms with van der Waals surface area (Å²) in [6.07, 6.45) is 0.795. The van der Waals surface area contributed by atoms with Crippen molar-refractivity contribution >= 4 is 12.0 Å². The van der Waals surface area contributed by atoms with Crippen molar-refractivity contribution in [1.82, 2.24) is 15.1 Å². The molecule has 1 fully saturated rings. The quantitative estimate of drug-likeness (QED) is 0.802. The van der Waals surface area contributed by atoms with Gasteiger partial charge in [-0.2, -0.15) is 13.2 Å². The summed E-state index contributed by atoms with van der Waals surface area (Å²) in [7, 11) is 0. The zero-order valence-electron chi connectivity index (χ0n) is 12.5. The maximum atomic E-state index is 12.5. The number of nitrogens with zero attached hydrogens (tertiary/aromatic N) is 3. The summed E-state index contributed by atoms with van der Waals surface area (Å²) in [4.78, 5) is 13.7. The van der Waals surface area contributed by atoms with Crippen molar-refractivity contribution < 1.29 is 26.8 Å². The second-order valence-electron chi connectivity index (χ2n) is 5.39. The van der Waals surface area contributed by atoms with Gasteiger partial charge in [0.15, 0.2) is 0 Å². The number of likely N-dealkylation sites (tertiary alicyclic amines) is 1. The van der Waals surface area contributed by atoms with Crippen molar-refractivity contribution in [1.29, 1.82) is 0 Å². The van der Waals surface area contributed by atoms with Crippen molar-refractivity contribution in [3.63, 3.8) is 0 Å². The predicted molar refractivity (Wildman–Crippen MR) is 75.6 cm³/mol. The van der Waals surface area contributed by atoms with Crippen LogP contribution in [0, 0.1) is 0 Å². The van der Waals surface area contributed by atoms with Gasteiger partial charge in [0, 0.05) is 25.1 Å². The number of alkyl halides is 3. The Labute approximate surface area is 134 Å². The molecule has 0 aliphatic carbocycles. The third-order valence-electron chi connectivity index (χ3n) is 3.77. The van der Waals surface area contributed by atoms with Crippen LogP contribution in [0.3, 0.4) is 0 Å². The number of hydrogen-bond acceptors (Lipinski definition) is 5. The van der Waals surface area contributed by atoms with E-state index >= 15 is 0 Å². The van der Waals surface area contributed by atoms with Gasteiger partial charge in [0.05, 0.1) is 6.26 Å². The van der Waals surface area contributed by atoms with Gasteiger partial charge in [-0.05, 0) is 31.1 Å². The zero-order chi connectivity index (χ0) is 17.2. The number of rotatable bonds is 3. The van der Waals surface area contributed by atoms with Crippen LogP contribution in [0.4, 0.5) is 13.2 Å². The van der Waals surface area contributed by atoms with E-state index in [1.165, 1.54) is 12.3 Å². The SMILES string of the molecule is O=C(/C=C/c1ccco1)N1CCC(c2nnc(C(F)(F)F)o2)CC1. The standard InChI is InChI=1S/C15H14F3N3O3/c16-15(17,18)14-20-19-13(24-14)10-5-7-21(8-6-10)12(22)4-3-11-2-1-9-23-11/h1-4,9-10H,5-8H2/b4-3+. The fourth-order valence-electron chi connectivity index (χ4n) is 2.51. The third-order valence-corrected chi connectivity index (χ3v) is 3.77. The van der Waals surface area contributed by atoms with Crippen LogP contribution in [0.5, 0.6) is 0 Å². The Kier molecular flexibility index (Phi) is 4.41. The summed E-state index contributed by atoms with van der Waals surface area (Å²) < 4.78 is 47.2. The van der Waals surface area contributed by atoms with Crippen LogP contribution in [-0.4, -0.2) is 34.1 Å². The van der Waals surface area contributed by atoms with Crippen molar-refractivity contribution in [2.75, 3.05) is 13.1 Å². The van der Waals surface area contributed by atoms with Gasteiger partial charge in [-0.25, -0.2) is 0 Å². The molecule has 1 aliphatic rings. The molecule has 3 rings (SSSR count). The number of halogens is 3. The summed E-state index contributed by atoms with van der Waals surface area (Å²) in [5, 5.41) is 6.51. The molecule has 2 aromatic heterocycles. The minimum absolute atomic E-state index is 0.0273. The van der Waals surface area contributed by atoms with Gasteiger partial charge in [-0.15, -0.1) is 10.2 Å². The molecule has 0 N–H and O–H groups in total. The van der Waals surface area contributed by atoms with Gasteiger partial charge in [0.1, 0.15) is 5.76 Å². The first-order chi connectivity index (χ1) is 11.4. The van der Waals surface area contributed by atoms with Crippen molar-refractivity contribution in [2.24, 2.45) is 0 Å². The average molecular weight is 341 g/mol. The minimum Gasteiger partial charge on any atom is -0.465 e. The van der Waals surface area contributed by atoms with E-state index in [0.29, 0.717) is 31.7 Å². The summed E-state index contributed by atoms with van der Waals surface area (Å²) in [6, 6.07) is 3.44. The van der Waals surface area contributed by atoms with E-state index in [2.05, 4.69) is 10.2 Å². The smallest absolute Gasteiger partial charge is 0.465 e. The number of carbonyl (C=O) groups excluding carboxylic acids is 1. The normalized spacial score (nSPS) is 16.9. The summed E-state index contributed by atoms with van der Waals surface area (Å²) in [5.41, 5.74) is 0. The number of carbonyl (C=O) groups is 1. The molecular formula is C15H14F3N3O3. The first-order valence-corrected chi connectivity index (χ1v) is 7.34. The third kappa shape index (κ3) is 3.66. The Balaban J connectivity index is 1.55. The number of amides is 1. The van der Waals surface area contributed by atoms with E-state index in [1.807, 2.05) is 0 Å². The van der Waals surface area contributed by atoms with Crippen molar-refractivity contribution in [3.05, 3.63) is 42.0 Å². The molecule has 9 heteroatoms. The Morgan fingerprint density at radius 2 is 2.04 bits per heavy atom. The van der Waals surface area contributed by atoms with Crippen LogP contribution in [0.1, 0.15) is 36.3 Å². The van der Waals surface area contributed by atoms with Crippen LogP contribution < -0.4 is 0 Å². The molecule has 0 saturated carbocycles. The first kappa shape index (κ1) is 16.3. The molecular weight excluding hydrogens is 327 g/mol. The first-order valence-electron chi connectivity index (χ1n) is 7.34. The predicted octanol–water partition coefficient (Wildman–Crippen LogP) is 3.10. The topological polar surface area (TPSA) is 72.4 Å². The highest BCUT2D eigenvalue weighted by atomic mass is 19.4. The molecule has 0 spiro atoms. The zero-order valence-corrected chi connectivity index (χ0v) is 12.5.